The van der Waals surface area contributed by atoms with Gasteiger partial charge in [0.05, 0.1) is 0 Å². The molecule has 0 unspecified atom stereocenters. The fourth-order valence-corrected chi connectivity index (χ4v) is 2.52. The van der Waals surface area contributed by atoms with Gasteiger partial charge in [0.15, 0.2) is 0 Å². The summed E-state index contributed by atoms with van der Waals surface area (Å²) < 4.78 is 0. The molecule has 0 aromatic rings. The molecule has 1 aliphatic carbocycles. The number of rotatable bonds is 4. The number of nitrogens with zero attached hydrogens (tertiary/aromatic N) is 1. The van der Waals surface area contributed by atoms with Crippen molar-refractivity contribution in [1.82, 2.24) is 4.90 Å². The van der Waals surface area contributed by atoms with Crippen molar-refractivity contribution in [2.75, 3.05) is 13.6 Å². The highest BCUT2D eigenvalue weighted by molar-refractivity contribution is 5.11. The Labute approximate surface area is 101 Å². The van der Waals surface area contributed by atoms with Crippen LogP contribution in [0.1, 0.15) is 46.5 Å². The van der Waals surface area contributed by atoms with Crippen molar-refractivity contribution in [1.29, 1.82) is 0 Å². The Balaban J connectivity index is 2.37. The summed E-state index contributed by atoms with van der Waals surface area (Å²) in [5.74, 6) is 0.948. The van der Waals surface area contributed by atoms with Gasteiger partial charge < -0.3 is 0 Å². The van der Waals surface area contributed by atoms with E-state index in [1.807, 2.05) is 0 Å². The molecule has 0 spiro atoms. The Hall–Kier alpha value is -0.560. The lowest BCUT2D eigenvalue weighted by atomic mass is 9.86. The molecular formula is C15H27N. The molecule has 92 valence electrons. The van der Waals surface area contributed by atoms with Gasteiger partial charge in [0.25, 0.3) is 0 Å². The summed E-state index contributed by atoms with van der Waals surface area (Å²) in [6.07, 6.45) is 12.0. The predicted molar refractivity (Wildman–Crippen MR) is 72.6 cm³/mol. The van der Waals surface area contributed by atoms with E-state index in [4.69, 9.17) is 0 Å². The normalized spacial score (nSPS) is 27.9. The van der Waals surface area contributed by atoms with E-state index >= 15 is 0 Å². The zero-order valence-corrected chi connectivity index (χ0v) is 11.4. The Morgan fingerprint density at radius 1 is 1.25 bits per heavy atom. The second-order valence-electron chi connectivity index (χ2n) is 5.37. The van der Waals surface area contributed by atoms with E-state index in [9.17, 15) is 0 Å². The van der Waals surface area contributed by atoms with Gasteiger partial charge in [0.1, 0.15) is 0 Å². The minimum Gasteiger partial charge on any atom is -0.299 e. The standard InChI is InChI=1S/C15H27N/c1-5-6-7-14(3)12-16(4)15-10-8-13(2)9-11-15/h5-7,13,15H,8-12H2,1-4H3. The molecule has 0 N–H and O–H groups in total. The van der Waals surface area contributed by atoms with Gasteiger partial charge in [-0.25, -0.2) is 0 Å². The zero-order valence-electron chi connectivity index (χ0n) is 11.4. The van der Waals surface area contributed by atoms with Gasteiger partial charge >= 0.3 is 0 Å². The third-order valence-electron chi connectivity index (χ3n) is 3.68. The maximum atomic E-state index is 2.53. The first kappa shape index (κ1) is 13.5. The highest BCUT2D eigenvalue weighted by Crippen LogP contribution is 2.26. The highest BCUT2D eigenvalue weighted by Gasteiger charge is 2.21. The lowest BCUT2D eigenvalue weighted by Crippen LogP contribution is -2.35. The third-order valence-corrected chi connectivity index (χ3v) is 3.68. The van der Waals surface area contributed by atoms with Crippen LogP contribution in [0.3, 0.4) is 0 Å². The maximum Gasteiger partial charge on any atom is 0.0193 e. The Bertz CT molecular complexity index is 244. The monoisotopic (exact) mass is 221 g/mol. The van der Waals surface area contributed by atoms with Gasteiger partial charge in [-0.05, 0) is 52.5 Å². The molecule has 1 nitrogen and oxygen atoms in total. The molecule has 16 heavy (non-hydrogen) atoms. The van der Waals surface area contributed by atoms with Crippen LogP contribution in [0.15, 0.2) is 23.8 Å². The number of allylic oxidation sites excluding steroid dienone is 3. The molecule has 0 heterocycles. The third kappa shape index (κ3) is 4.52. The largest absolute Gasteiger partial charge is 0.299 e. The molecule has 0 aromatic carbocycles. The first-order valence-electron chi connectivity index (χ1n) is 6.62. The van der Waals surface area contributed by atoms with Gasteiger partial charge in [-0.1, -0.05) is 30.7 Å². The smallest absolute Gasteiger partial charge is 0.0193 e. The minimum absolute atomic E-state index is 0.810. The molecule has 0 saturated heterocycles. The predicted octanol–water partition coefficient (Wildman–Crippen LogP) is 4.02. The molecule has 1 saturated carbocycles. The molecule has 0 bridgehead atoms. The van der Waals surface area contributed by atoms with Crippen LogP contribution in [0.2, 0.25) is 0 Å². The first-order chi connectivity index (χ1) is 7.63. The molecule has 0 aromatic heterocycles. The van der Waals surface area contributed by atoms with Crippen molar-refractivity contribution < 1.29 is 0 Å². The van der Waals surface area contributed by atoms with Gasteiger partial charge in [-0.3, -0.25) is 4.90 Å². The summed E-state index contributed by atoms with van der Waals surface area (Å²) in [6.45, 7) is 7.79. The lowest BCUT2D eigenvalue weighted by molar-refractivity contribution is 0.181. The molecule has 1 rings (SSSR count). The van der Waals surface area contributed by atoms with Gasteiger partial charge in [-0.2, -0.15) is 0 Å². The second-order valence-corrected chi connectivity index (χ2v) is 5.37. The second kappa shape index (κ2) is 6.90. The average Bonchev–Trinajstić information content (AvgIpc) is 2.27. The van der Waals surface area contributed by atoms with Crippen LogP contribution in [0.4, 0.5) is 0 Å². The van der Waals surface area contributed by atoms with Gasteiger partial charge in [0, 0.05) is 12.6 Å². The van der Waals surface area contributed by atoms with Crippen molar-refractivity contribution in [3.63, 3.8) is 0 Å². The molecule has 1 fully saturated rings. The fourth-order valence-electron chi connectivity index (χ4n) is 2.52. The summed E-state index contributed by atoms with van der Waals surface area (Å²) in [5.41, 5.74) is 1.46. The number of likely N-dealkylation sites (N-methyl/N-ethyl adjacent to an activating group) is 1. The van der Waals surface area contributed by atoms with Crippen molar-refractivity contribution in [2.24, 2.45) is 5.92 Å². The SMILES string of the molecule is CC=CC=C(C)CN(C)C1CCC(C)CC1. The molecule has 1 heteroatoms. The van der Waals surface area contributed by atoms with E-state index < -0.39 is 0 Å². The number of hydrogen-bond acceptors (Lipinski definition) is 1. The average molecular weight is 221 g/mol. The van der Waals surface area contributed by atoms with Crippen LogP contribution < -0.4 is 0 Å². The lowest BCUT2D eigenvalue weighted by Gasteiger charge is -2.33. The zero-order chi connectivity index (χ0) is 12.0. The topological polar surface area (TPSA) is 3.24 Å². The quantitative estimate of drug-likeness (QED) is 0.648. The first-order valence-corrected chi connectivity index (χ1v) is 6.62. The summed E-state index contributed by atoms with van der Waals surface area (Å²) in [5, 5.41) is 0. The van der Waals surface area contributed by atoms with E-state index in [1.54, 1.807) is 0 Å². The van der Waals surface area contributed by atoms with Crippen molar-refractivity contribution >= 4 is 0 Å². The van der Waals surface area contributed by atoms with Crippen molar-refractivity contribution in [2.45, 2.75) is 52.5 Å². The minimum atomic E-state index is 0.810. The molecule has 1 aliphatic rings. The fraction of sp³-hybridized carbons (Fsp3) is 0.733. The molecule has 0 radical (unpaired) electrons. The van der Waals surface area contributed by atoms with Crippen LogP contribution in [0, 0.1) is 5.92 Å². The van der Waals surface area contributed by atoms with E-state index in [-0.39, 0.29) is 0 Å². The Morgan fingerprint density at radius 2 is 1.88 bits per heavy atom. The summed E-state index contributed by atoms with van der Waals surface area (Å²) in [4.78, 5) is 2.53. The van der Waals surface area contributed by atoms with E-state index in [1.165, 1.54) is 31.3 Å². The van der Waals surface area contributed by atoms with Crippen LogP contribution in [0.25, 0.3) is 0 Å². The summed E-state index contributed by atoms with van der Waals surface area (Å²) >= 11 is 0. The highest BCUT2D eigenvalue weighted by atomic mass is 15.1. The molecule has 0 atom stereocenters. The van der Waals surface area contributed by atoms with Crippen molar-refractivity contribution in [3.05, 3.63) is 23.8 Å². The maximum absolute atomic E-state index is 2.53. The van der Waals surface area contributed by atoms with E-state index in [0.29, 0.717) is 0 Å². The molecule has 0 amide bonds. The Kier molecular flexibility index (Phi) is 5.83. The Morgan fingerprint density at radius 3 is 2.44 bits per heavy atom. The van der Waals surface area contributed by atoms with Crippen molar-refractivity contribution in [3.8, 4) is 0 Å². The van der Waals surface area contributed by atoms with Crippen LogP contribution in [0.5, 0.6) is 0 Å². The van der Waals surface area contributed by atoms with Gasteiger partial charge in [-0.15, -0.1) is 0 Å². The molecular weight excluding hydrogens is 194 g/mol. The summed E-state index contributed by atoms with van der Waals surface area (Å²) in [6, 6.07) is 0.810. The van der Waals surface area contributed by atoms with Crippen LogP contribution in [-0.4, -0.2) is 24.5 Å². The summed E-state index contributed by atoms with van der Waals surface area (Å²) in [7, 11) is 2.27. The number of hydrogen-bond donors (Lipinski definition) is 0. The van der Waals surface area contributed by atoms with Gasteiger partial charge in [0.2, 0.25) is 0 Å². The van der Waals surface area contributed by atoms with Crippen LogP contribution in [-0.2, 0) is 0 Å². The van der Waals surface area contributed by atoms with E-state index in [0.717, 1.165) is 18.5 Å². The van der Waals surface area contributed by atoms with E-state index in [2.05, 4.69) is 50.9 Å². The molecule has 0 aliphatic heterocycles. The van der Waals surface area contributed by atoms with Crippen LogP contribution >= 0.6 is 0 Å².